The van der Waals surface area contributed by atoms with Gasteiger partial charge in [0.15, 0.2) is 0 Å². The molecule has 0 atom stereocenters. The Morgan fingerprint density at radius 1 is 1.07 bits per heavy atom. The molecule has 2 aromatic rings. The normalized spacial score (nSPS) is 10.4. The number of benzene rings is 1. The van der Waals surface area contributed by atoms with Crippen molar-refractivity contribution in [3.63, 3.8) is 0 Å². The van der Waals surface area contributed by atoms with E-state index >= 15 is 0 Å². The standard InChI is InChI=1S/C12H13NO2/c1-2-4-11(5-3-1)10-15-13-8-12-6-7-14-9-12/h1-7,9,13H,8,10H2. The van der Waals surface area contributed by atoms with E-state index in [0.717, 1.165) is 11.1 Å². The summed E-state index contributed by atoms with van der Waals surface area (Å²) >= 11 is 0. The summed E-state index contributed by atoms with van der Waals surface area (Å²) in [5, 5.41) is 0. The third kappa shape index (κ3) is 3.23. The third-order valence-electron chi connectivity index (χ3n) is 2.04. The van der Waals surface area contributed by atoms with Gasteiger partial charge < -0.3 is 4.42 Å². The van der Waals surface area contributed by atoms with Gasteiger partial charge in [-0.25, -0.2) is 0 Å². The molecule has 0 saturated carbocycles. The van der Waals surface area contributed by atoms with E-state index in [1.807, 2.05) is 36.4 Å². The maximum absolute atomic E-state index is 5.30. The summed E-state index contributed by atoms with van der Waals surface area (Å²) in [6.07, 6.45) is 3.34. The van der Waals surface area contributed by atoms with E-state index in [0.29, 0.717) is 13.2 Å². The largest absolute Gasteiger partial charge is 0.472 e. The van der Waals surface area contributed by atoms with Crippen LogP contribution in [0.4, 0.5) is 0 Å². The molecule has 1 N–H and O–H groups in total. The minimum atomic E-state index is 0.568. The Labute approximate surface area is 88.6 Å². The van der Waals surface area contributed by atoms with Gasteiger partial charge in [-0.1, -0.05) is 30.3 Å². The molecule has 78 valence electrons. The molecular formula is C12H13NO2. The number of hydroxylamine groups is 1. The van der Waals surface area contributed by atoms with Crippen molar-refractivity contribution in [1.29, 1.82) is 0 Å². The molecule has 3 nitrogen and oxygen atoms in total. The van der Waals surface area contributed by atoms with Crippen LogP contribution in [0.1, 0.15) is 11.1 Å². The lowest BCUT2D eigenvalue weighted by atomic mass is 10.2. The molecule has 0 saturated heterocycles. The summed E-state index contributed by atoms with van der Waals surface area (Å²) in [5.41, 5.74) is 5.10. The van der Waals surface area contributed by atoms with Gasteiger partial charge in [0, 0.05) is 12.1 Å². The molecule has 2 rings (SSSR count). The molecule has 1 heterocycles. The Bertz CT molecular complexity index is 370. The van der Waals surface area contributed by atoms with Gasteiger partial charge in [-0.2, -0.15) is 5.48 Å². The predicted molar refractivity (Wildman–Crippen MR) is 56.8 cm³/mol. The first-order valence-corrected chi connectivity index (χ1v) is 4.85. The highest BCUT2D eigenvalue weighted by Crippen LogP contribution is 2.01. The Morgan fingerprint density at radius 3 is 2.67 bits per heavy atom. The molecule has 0 radical (unpaired) electrons. The minimum absolute atomic E-state index is 0.568. The molecule has 15 heavy (non-hydrogen) atoms. The first-order valence-electron chi connectivity index (χ1n) is 4.85. The number of nitrogens with one attached hydrogen (secondary N) is 1. The van der Waals surface area contributed by atoms with Crippen LogP contribution in [0.15, 0.2) is 53.3 Å². The maximum Gasteiger partial charge on any atom is 0.0948 e. The fraction of sp³-hybridized carbons (Fsp3) is 0.167. The topological polar surface area (TPSA) is 34.4 Å². The van der Waals surface area contributed by atoms with Gasteiger partial charge in [0.1, 0.15) is 0 Å². The lowest BCUT2D eigenvalue weighted by molar-refractivity contribution is 0.0234. The summed E-state index contributed by atoms with van der Waals surface area (Å²) in [7, 11) is 0. The van der Waals surface area contributed by atoms with Crippen LogP contribution in [0.2, 0.25) is 0 Å². The van der Waals surface area contributed by atoms with Crippen molar-refractivity contribution in [2.75, 3.05) is 0 Å². The van der Waals surface area contributed by atoms with Crippen LogP contribution in [0, 0.1) is 0 Å². The van der Waals surface area contributed by atoms with Crippen LogP contribution in [0.3, 0.4) is 0 Å². The molecule has 0 fully saturated rings. The van der Waals surface area contributed by atoms with E-state index in [4.69, 9.17) is 9.25 Å². The molecular weight excluding hydrogens is 190 g/mol. The van der Waals surface area contributed by atoms with E-state index < -0.39 is 0 Å². The highest BCUT2D eigenvalue weighted by molar-refractivity contribution is 5.13. The van der Waals surface area contributed by atoms with Crippen molar-refractivity contribution in [1.82, 2.24) is 5.48 Å². The van der Waals surface area contributed by atoms with Crippen molar-refractivity contribution in [3.05, 3.63) is 60.1 Å². The zero-order valence-electron chi connectivity index (χ0n) is 8.35. The van der Waals surface area contributed by atoms with Crippen LogP contribution in [-0.2, 0) is 18.0 Å². The first kappa shape index (κ1) is 9.96. The second-order valence-electron chi connectivity index (χ2n) is 3.23. The maximum atomic E-state index is 5.30. The zero-order valence-corrected chi connectivity index (χ0v) is 8.35. The average molecular weight is 203 g/mol. The van der Waals surface area contributed by atoms with Crippen LogP contribution < -0.4 is 5.48 Å². The van der Waals surface area contributed by atoms with Crippen molar-refractivity contribution >= 4 is 0 Å². The van der Waals surface area contributed by atoms with E-state index in [1.165, 1.54) is 0 Å². The summed E-state index contributed by atoms with van der Waals surface area (Å²) in [5.74, 6) is 0. The van der Waals surface area contributed by atoms with Crippen molar-refractivity contribution in [2.45, 2.75) is 13.2 Å². The fourth-order valence-electron chi connectivity index (χ4n) is 1.24. The number of rotatable bonds is 5. The lowest BCUT2D eigenvalue weighted by Crippen LogP contribution is -2.13. The molecule has 0 aliphatic carbocycles. The third-order valence-corrected chi connectivity index (χ3v) is 2.04. The van der Waals surface area contributed by atoms with Gasteiger partial charge in [0.05, 0.1) is 19.1 Å². The smallest absolute Gasteiger partial charge is 0.0948 e. The van der Waals surface area contributed by atoms with Gasteiger partial charge >= 0.3 is 0 Å². The lowest BCUT2D eigenvalue weighted by Gasteiger charge is -2.04. The summed E-state index contributed by atoms with van der Waals surface area (Å²) in [4.78, 5) is 5.30. The van der Waals surface area contributed by atoms with Gasteiger partial charge in [0.2, 0.25) is 0 Å². The van der Waals surface area contributed by atoms with Crippen molar-refractivity contribution < 1.29 is 9.25 Å². The quantitative estimate of drug-likeness (QED) is 0.599. The van der Waals surface area contributed by atoms with E-state index in [9.17, 15) is 0 Å². The molecule has 0 unspecified atom stereocenters. The van der Waals surface area contributed by atoms with Gasteiger partial charge in [-0.3, -0.25) is 4.84 Å². The second kappa shape index (κ2) is 5.34. The average Bonchev–Trinajstić information content (AvgIpc) is 2.79. The van der Waals surface area contributed by atoms with Crippen LogP contribution in [0.5, 0.6) is 0 Å². The highest BCUT2D eigenvalue weighted by Gasteiger charge is 1.94. The molecule has 0 amide bonds. The SMILES string of the molecule is c1ccc(CONCc2ccoc2)cc1. The fourth-order valence-corrected chi connectivity index (χ4v) is 1.24. The van der Waals surface area contributed by atoms with Crippen LogP contribution >= 0.6 is 0 Å². The van der Waals surface area contributed by atoms with Gasteiger partial charge in [0.25, 0.3) is 0 Å². The van der Waals surface area contributed by atoms with Crippen molar-refractivity contribution in [3.8, 4) is 0 Å². The van der Waals surface area contributed by atoms with Crippen molar-refractivity contribution in [2.24, 2.45) is 0 Å². The summed E-state index contributed by atoms with van der Waals surface area (Å²) in [6, 6.07) is 11.9. The molecule has 1 aromatic heterocycles. The second-order valence-corrected chi connectivity index (χ2v) is 3.23. The highest BCUT2D eigenvalue weighted by atomic mass is 16.6. The summed E-state index contributed by atoms with van der Waals surface area (Å²) < 4.78 is 4.93. The Balaban J connectivity index is 1.68. The van der Waals surface area contributed by atoms with E-state index in [2.05, 4.69) is 5.48 Å². The first-order chi connectivity index (χ1) is 7.45. The minimum Gasteiger partial charge on any atom is -0.472 e. The van der Waals surface area contributed by atoms with E-state index in [-0.39, 0.29) is 0 Å². The molecule has 0 spiro atoms. The number of hydrogen-bond acceptors (Lipinski definition) is 3. The van der Waals surface area contributed by atoms with E-state index in [1.54, 1.807) is 12.5 Å². The predicted octanol–water partition coefficient (Wildman–Crippen LogP) is 2.50. The summed E-state index contributed by atoms with van der Waals surface area (Å²) in [6.45, 7) is 1.22. The molecule has 0 aliphatic rings. The van der Waals surface area contributed by atoms with Gasteiger partial charge in [-0.15, -0.1) is 0 Å². The van der Waals surface area contributed by atoms with Crippen LogP contribution in [-0.4, -0.2) is 0 Å². The Hall–Kier alpha value is -1.58. The zero-order chi connectivity index (χ0) is 10.3. The van der Waals surface area contributed by atoms with Crippen LogP contribution in [0.25, 0.3) is 0 Å². The van der Waals surface area contributed by atoms with Gasteiger partial charge in [-0.05, 0) is 11.6 Å². The Morgan fingerprint density at radius 2 is 1.93 bits per heavy atom. The Kier molecular flexibility index (Phi) is 3.54. The molecule has 0 bridgehead atoms. The molecule has 3 heteroatoms. The molecule has 1 aromatic carbocycles. The number of furan rings is 1. The monoisotopic (exact) mass is 203 g/mol. The molecule has 0 aliphatic heterocycles. The number of hydrogen-bond donors (Lipinski definition) is 1.